The molecule has 0 radical (unpaired) electrons. The van der Waals surface area contributed by atoms with Crippen LogP contribution in [0.5, 0.6) is 5.75 Å². The Morgan fingerprint density at radius 2 is 2.06 bits per heavy atom. The van der Waals surface area contributed by atoms with Gasteiger partial charge in [-0.3, -0.25) is 0 Å². The van der Waals surface area contributed by atoms with Gasteiger partial charge in [0, 0.05) is 4.47 Å². The zero-order valence-electron chi connectivity index (χ0n) is 8.02. The second-order valence-electron chi connectivity index (χ2n) is 2.97. The van der Waals surface area contributed by atoms with Gasteiger partial charge in [-0.05, 0) is 12.1 Å². The first-order valence-corrected chi connectivity index (χ1v) is 5.29. The molecule has 1 aromatic carbocycles. The number of benzene rings is 1. The summed E-state index contributed by atoms with van der Waals surface area (Å²) in [6, 6.07) is 2.37. The number of carboxylic acids is 1. The van der Waals surface area contributed by atoms with Crippen LogP contribution in [0.15, 0.2) is 16.6 Å². The molecule has 0 unspecified atom stereocenters. The van der Waals surface area contributed by atoms with Crippen molar-refractivity contribution >= 4 is 33.5 Å². The molecule has 0 aliphatic rings. The van der Waals surface area contributed by atoms with Crippen molar-refractivity contribution in [2.45, 2.75) is 6.18 Å². The SMILES string of the molecule is O=C(O)c1c(Cl)cc(Br)cc1OCC(F)(F)F. The Labute approximate surface area is 107 Å². The van der Waals surface area contributed by atoms with Crippen LogP contribution < -0.4 is 4.74 Å². The minimum Gasteiger partial charge on any atom is -0.483 e. The predicted molar refractivity (Wildman–Crippen MR) is 57.7 cm³/mol. The first-order valence-electron chi connectivity index (χ1n) is 4.12. The van der Waals surface area contributed by atoms with E-state index in [1.807, 2.05) is 0 Å². The van der Waals surface area contributed by atoms with Crippen molar-refractivity contribution in [2.75, 3.05) is 6.61 Å². The summed E-state index contributed by atoms with van der Waals surface area (Å²) in [6.45, 7) is -1.58. The van der Waals surface area contributed by atoms with Crippen molar-refractivity contribution in [3.05, 3.63) is 27.2 Å². The van der Waals surface area contributed by atoms with Gasteiger partial charge in [0.1, 0.15) is 11.3 Å². The largest absolute Gasteiger partial charge is 0.483 e. The number of hydrogen-bond donors (Lipinski definition) is 1. The molecule has 0 aromatic heterocycles. The summed E-state index contributed by atoms with van der Waals surface area (Å²) < 4.78 is 40.6. The van der Waals surface area contributed by atoms with Crippen LogP contribution >= 0.6 is 27.5 Å². The highest BCUT2D eigenvalue weighted by atomic mass is 79.9. The van der Waals surface area contributed by atoms with E-state index in [4.69, 9.17) is 16.7 Å². The van der Waals surface area contributed by atoms with E-state index in [0.29, 0.717) is 4.47 Å². The lowest BCUT2D eigenvalue weighted by Gasteiger charge is -2.12. The number of aromatic carboxylic acids is 1. The maximum absolute atomic E-state index is 12.0. The monoisotopic (exact) mass is 332 g/mol. The van der Waals surface area contributed by atoms with Crippen LogP contribution in [0.4, 0.5) is 13.2 Å². The van der Waals surface area contributed by atoms with E-state index < -0.39 is 30.1 Å². The number of ether oxygens (including phenoxy) is 1. The lowest BCUT2D eigenvalue weighted by molar-refractivity contribution is -0.153. The Bertz CT molecular complexity index is 448. The number of rotatable bonds is 3. The number of hydrogen-bond acceptors (Lipinski definition) is 2. The van der Waals surface area contributed by atoms with Gasteiger partial charge in [-0.1, -0.05) is 27.5 Å². The van der Waals surface area contributed by atoms with E-state index in [-0.39, 0.29) is 5.02 Å². The highest BCUT2D eigenvalue weighted by Crippen LogP contribution is 2.32. The second-order valence-corrected chi connectivity index (χ2v) is 4.29. The molecule has 3 nitrogen and oxygen atoms in total. The Kier molecular flexibility index (Phi) is 4.26. The number of alkyl halides is 3. The Morgan fingerprint density at radius 3 is 2.53 bits per heavy atom. The Morgan fingerprint density at radius 1 is 1.47 bits per heavy atom. The fourth-order valence-corrected chi connectivity index (χ4v) is 1.89. The summed E-state index contributed by atoms with van der Waals surface area (Å²) >= 11 is 8.59. The Hall–Kier alpha value is -0.950. The molecule has 0 aliphatic heterocycles. The van der Waals surface area contributed by atoms with Crippen LogP contribution in [0.25, 0.3) is 0 Å². The van der Waals surface area contributed by atoms with Gasteiger partial charge in [-0.15, -0.1) is 0 Å². The summed E-state index contributed by atoms with van der Waals surface area (Å²) in [7, 11) is 0. The molecule has 0 aliphatic carbocycles. The second kappa shape index (κ2) is 5.14. The molecule has 0 spiro atoms. The predicted octanol–water partition coefficient (Wildman–Crippen LogP) is 3.74. The highest BCUT2D eigenvalue weighted by Gasteiger charge is 2.29. The maximum Gasteiger partial charge on any atom is 0.422 e. The van der Waals surface area contributed by atoms with E-state index in [2.05, 4.69) is 20.7 Å². The number of carboxylic acid groups (broad SMARTS) is 1. The van der Waals surface area contributed by atoms with Crippen molar-refractivity contribution in [3.63, 3.8) is 0 Å². The molecule has 1 aromatic rings. The minimum atomic E-state index is -4.55. The van der Waals surface area contributed by atoms with E-state index in [1.165, 1.54) is 6.07 Å². The quantitative estimate of drug-likeness (QED) is 0.916. The minimum absolute atomic E-state index is 0.205. The van der Waals surface area contributed by atoms with Gasteiger partial charge in [-0.25, -0.2) is 4.79 Å². The van der Waals surface area contributed by atoms with Crippen LogP contribution in [0.3, 0.4) is 0 Å². The first kappa shape index (κ1) is 14.1. The fraction of sp³-hybridized carbons (Fsp3) is 0.222. The standard InChI is InChI=1S/C9H5BrClF3O3/c10-4-1-5(11)7(8(15)16)6(2-4)17-3-9(12,13)14/h1-2H,3H2,(H,15,16). The van der Waals surface area contributed by atoms with Gasteiger partial charge in [0.15, 0.2) is 6.61 Å². The zero-order valence-corrected chi connectivity index (χ0v) is 10.4. The number of halogens is 5. The average Bonchev–Trinajstić information content (AvgIpc) is 2.11. The van der Waals surface area contributed by atoms with Gasteiger partial charge in [0.05, 0.1) is 5.02 Å². The average molecular weight is 333 g/mol. The molecule has 0 heterocycles. The van der Waals surface area contributed by atoms with Gasteiger partial charge in [-0.2, -0.15) is 13.2 Å². The van der Waals surface area contributed by atoms with Crippen LogP contribution in [0, 0.1) is 0 Å². The van der Waals surface area contributed by atoms with Crippen LogP contribution in [0.2, 0.25) is 5.02 Å². The fourth-order valence-electron chi connectivity index (χ4n) is 1.03. The van der Waals surface area contributed by atoms with Crippen LogP contribution in [0.1, 0.15) is 10.4 Å². The molecule has 0 atom stereocenters. The molecule has 0 saturated heterocycles. The normalized spacial score (nSPS) is 11.4. The van der Waals surface area contributed by atoms with Crippen molar-refractivity contribution in [3.8, 4) is 5.75 Å². The van der Waals surface area contributed by atoms with Crippen LogP contribution in [-0.4, -0.2) is 23.9 Å². The van der Waals surface area contributed by atoms with Crippen molar-refractivity contribution in [1.82, 2.24) is 0 Å². The molecule has 0 bridgehead atoms. The third-order valence-electron chi connectivity index (χ3n) is 1.62. The van der Waals surface area contributed by atoms with Crippen molar-refractivity contribution in [2.24, 2.45) is 0 Å². The summed E-state index contributed by atoms with van der Waals surface area (Å²) in [5.74, 6) is -1.89. The van der Waals surface area contributed by atoms with E-state index in [1.54, 1.807) is 0 Å². The van der Waals surface area contributed by atoms with Gasteiger partial charge < -0.3 is 9.84 Å². The molecule has 0 saturated carbocycles. The van der Waals surface area contributed by atoms with Crippen molar-refractivity contribution in [1.29, 1.82) is 0 Å². The highest BCUT2D eigenvalue weighted by molar-refractivity contribution is 9.10. The lowest BCUT2D eigenvalue weighted by Crippen LogP contribution is -2.20. The number of carbonyl (C=O) groups is 1. The molecular weight excluding hydrogens is 328 g/mol. The summed E-state index contributed by atoms with van der Waals surface area (Å²) in [4.78, 5) is 10.8. The molecular formula is C9H5BrClF3O3. The maximum atomic E-state index is 12.0. The first-order chi connectivity index (χ1) is 7.70. The lowest BCUT2D eigenvalue weighted by atomic mass is 10.2. The molecule has 94 valence electrons. The Balaban J connectivity index is 3.09. The molecule has 1 N–H and O–H groups in total. The zero-order chi connectivity index (χ0) is 13.2. The van der Waals surface area contributed by atoms with E-state index in [9.17, 15) is 18.0 Å². The van der Waals surface area contributed by atoms with Gasteiger partial charge in [0.2, 0.25) is 0 Å². The van der Waals surface area contributed by atoms with E-state index >= 15 is 0 Å². The smallest absolute Gasteiger partial charge is 0.422 e. The summed E-state index contributed by atoms with van der Waals surface area (Å²) in [5, 5.41) is 8.60. The topological polar surface area (TPSA) is 46.5 Å². The third kappa shape index (κ3) is 4.08. The molecule has 8 heteroatoms. The van der Waals surface area contributed by atoms with Crippen molar-refractivity contribution < 1.29 is 27.8 Å². The molecule has 17 heavy (non-hydrogen) atoms. The molecule has 0 fully saturated rings. The van der Waals surface area contributed by atoms with Gasteiger partial charge in [0.25, 0.3) is 0 Å². The van der Waals surface area contributed by atoms with Crippen LogP contribution in [-0.2, 0) is 0 Å². The summed E-state index contributed by atoms with van der Waals surface area (Å²) in [6.07, 6.45) is -4.55. The van der Waals surface area contributed by atoms with Gasteiger partial charge >= 0.3 is 12.1 Å². The third-order valence-corrected chi connectivity index (χ3v) is 2.38. The van der Waals surface area contributed by atoms with E-state index in [0.717, 1.165) is 6.07 Å². The molecule has 0 amide bonds. The molecule has 1 rings (SSSR count). The summed E-state index contributed by atoms with van der Waals surface area (Å²) in [5.41, 5.74) is -0.501.